The van der Waals surface area contributed by atoms with E-state index in [0.29, 0.717) is 0 Å². The highest BCUT2D eigenvalue weighted by Gasteiger charge is 1.86. The fraction of sp³-hybridized carbons (Fsp3) is 1.00. The SMILES string of the molecule is CC[B]CC.FC(F)F. The first-order valence-corrected chi connectivity index (χ1v) is 2.89. The summed E-state index contributed by atoms with van der Waals surface area (Å²) < 4.78 is 29.0. The second-order valence-corrected chi connectivity index (χ2v) is 1.35. The summed E-state index contributed by atoms with van der Waals surface area (Å²) in [6.45, 7) is 0.646. The van der Waals surface area contributed by atoms with Crippen molar-refractivity contribution in [2.75, 3.05) is 0 Å². The van der Waals surface area contributed by atoms with Crippen LogP contribution in [0.5, 0.6) is 0 Å². The molecule has 9 heavy (non-hydrogen) atoms. The third-order valence-electron chi connectivity index (χ3n) is 0.577. The van der Waals surface area contributed by atoms with Gasteiger partial charge < -0.3 is 0 Å². The molecule has 0 spiro atoms. The lowest BCUT2D eigenvalue weighted by Crippen LogP contribution is -1.76. The monoisotopic (exact) mass is 139 g/mol. The van der Waals surface area contributed by atoms with Crippen LogP contribution < -0.4 is 0 Å². The first-order chi connectivity index (χ1) is 4.15. The van der Waals surface area contributed by atoms with Gasteiger partial charge in [-0.15, -0.1) is 0 Å². The highest BCUT2D eigenvalue weighted by atomic mass is 19.4. The molecule has 0 aromatic heterocycles. The van der Waals surface area contributed by atoms with Gasteiger partial charge in [0, 0.05) is 0 Å². The normalized spacial score (nSPS) is 8.22. The fourth-order valence-electron chi connectivity index (χ4n) is 0.289. The molecule has 55 valence electrons. The highest BCUT2D eigenvalue weighted by Crippen LogP contribution is 1.87. The molecule has 0 N–H and O–H groups in total. The van der Waals surface area contributed by atoms with Crippen molar-refractivity contribution >= 4 is 7.28 Å². The minimum atomic E-state index is -3.67. The van der Waals surface area contributed by atoms with Crippen molar-refractivity contribution in [3.63, 3.8) is 0 Å². The summed E-state index contributed by atoms with van der Waals surface area (Å²) in [5.74, 6) is 0. The smallest absolute Gasteiger partial charge is 0.174 e. The van der Waals surface area contributed by atoms with E-state index in [1.54, 1.807) is 0 Å². The van der Waals surface area contributed by atoms with Crippen molar-refractivity contribution in [1.82, 2.24) is 0 Å². The van der Waals surface area contributed by atoms with Gasteiger partial charge in [0.2, 0.25) is 0 Å². The van der Waals surface area contributed by atoms with Crippen LogP contribution in [-0.4, -0.2) is 14.0 Å². The molecule has 0 fully saturated rings. The minimum absolute atomic E-state index is 1.22. The first-order valence-electron chi connectivity index (χ1n) is 2.89. The molecule has 0 aromatic rings. The summed E-state index contributed by atoms with van der Waals surface area (Å²) in [6, 6.07) is 0. The highest BCUT2D eigenvalue weighted by molar-refractivity contribution is 6.34. The number of alkyl halides is 3. The van der Waals surface area contributed by atoms with Gasteiger partial charge >= 0.3 is 6.68 Å². The second-order valence-electron chi connectivity index (χ2n) is 1.35. The summed E-state index contributed by atoms with van der Waals surface area (Å²) in [4.78, 5) is 0. The zero-order chi connectivity index (χ0) is 7.70. The van der Waals surface area contributed by atoms with E-state index < -0.39 is 6.68 Å². The van der Waals surface area contributed by atoms with E-state index in [-0.39, 0.29) is 0 Å². The number of rotatable bonds is 2. The van der Waals surface area contributed by atoms with Crippen LogP contribution in [0, 0.1) is 0 Å². The van der Waals surface area contributed by atoms with E-state index in [0.717, 1.165) is 0 Å². The molecular formula is C5H11BF3. The maximum absolute atomic E-state index is 9.67. The van der Waals surface area contributed by atoms with Gasteiger partial charge in [-0.25, -0.2) is 0 Å². The first kappa shape index (κ1) is 11.6. The Morgan fingerprint density at radius 3 is 1.33 bits per heavy atom. The molecule has 0 aromatic carbocycles. The molecule has 0 aliphatic rings. The van der Waals surface area contributed by atoms with Crippen molar-refractivity contribution in [3.05, 3.63) is 0 Å². The van der Waals surface area contributed by atoms with Gasteiger partial charge in [0.05, 0.1) is 0 Å². The predicted molar refractivity (Wildman–Crippen MR) is 33.8 cm³/mol. The van der Waals surface area contributed by atoms with Gasteiger partial charge in [-0.2, -0.15) is 13.2 Å². The largest absolute Gasteiger partial charge is 0.379 e. The molecule has 0 saturated heterocycles. The quantitative estimate of drug-likeness (QED) is 0.516. The average Bonchev–Trinajstić information content (AvgIpc) is 1.66. The van der Waals surface area contributed by atoms with Crippen molar-refractivity contribution in [2.24, 2.45) is 0 Å². The van der Waals surface area contributed by atoms with Crippen molar-refractivity contribution < 1.29 is 13.2 Å². The molecule has 0 amide bonds. The van der Waals surface area contributed by atoms with Crippen LogP contribution in [0.2, 0.25) is 12.6 Å². The molecule has 4 heteroatoms. The molecule has 0 bridgehead atoms. The Hall–Kier alpha value is -0.145. The average molecular weight is 139 g/mol. The van der Waals surface area contributed by atoms with Crippen LogP contribution >= 0.6 is 0 Å². The van der Waals surface area contributed by atoms with Gasteiger partial charge in [0.15, 0.2) is 0 Å². The van der Waals surface area contributed by atoms with E-state index in [9.17, 15) is 13.2 Å². The summed E-state index contributed by atoms with van der Waals surface area (Å²) in [5.41, 5.74) is 0. The van der Waals surface area contributed by atoms with Crippen molar-refractivity contribution in [3.8, 4) is 0 Å². The van der Waals surface area contributed by atoms with Gasteiger partial charge in [-0.05, 0) is 0 Å². The third-order valence-corrected chi connectivity index (χ3v) is 0.577. The Labute approximate surface area is 54.7 Å². The van der Waals surface area contributed by atoms with Gasteiger partial charge in [-0.1, -0.05) is 26.5 Å². The van der Waals surface area contributed by atoms with Crippen LogP contribution in [0.3, 0.4) is 0 Å². The van der Waals surface area contributed by atoms with Crippen LogP contribution in [0.4, 0.5) is 13.2 Å². The molecule has 1 radical (unpaired) electrons. The number of halogens is 3. The molecule has 0 atom stereocenters. The summed E-state index contributed by atoms with van der Waals surface area (Å²) in [6.07, 6.45) is 2.44. The Bertz CT molecular complexity index is 36.4. The lowest BCUT2D eigenvalue weighted by Gasteiger charge is -1.75. The van der Waals surface area contributed by atoms with Gasteiger partial charge in [0.1, 0.15) is 7.28 Å². The van der Waals surface area contributed by atoms with E-state index >= 15 is 0 Å². The Kier molecular flexibility index (Phi) is 13.9. The lowest BCUT2D eigenvalue weighted by molar-refractivity contribution is 0.00819. The Morgan fingerprint density at radius 1 is 1.11 bits per heavy atom. The van der Waals surface area contributed by atoms with Crippen LogP contribution in [0.1, 0.15) is 13.8 Å². The molecular weight excluding hydrogens is 128 g/mol. The molecule has 0 aliphatic carbocycles. The van der Waals surface area contributed by atoms with Crippen molar-refractivity contribution in [2.45, 2.75) is 33.2 Å². The Morgan fingerprint density at radius 2 is 1.33 bits per heavy atom. The summed E-state index contributed by atoms with van der Waals surface area (Å²) in [5, 5.41) is 0. The maximum Gasteiger partial charge on any atom is 0.379 e. The zero-order valence-electron chi connectivity index (χ0n) is 5.70. The van der Waals surface area contributed by atoms with Crippen LogP contribution in [0.25, 0.3) is 0 Å². The van der Waals surface area contributed by atoms with E-state index in [4.69, 9.17) is 0 Å². The zero-order valence-corrected chi connectivity index (χ0v) is 5.70. The van der Waals surface area contributed by atoms with Gasteiger partial charge in [-0.3, -0.25) is 0 Å². The minimum Gasteiger partial charge on any atom is -0.174 e. The topological polar surface area (TPSA) is 0 Å². The van der Waals surface area contributed by atoms with Crippen LogP contribution in [-0.2, 0) is 0 Å². The molecule has 0 nitrogen and oxygen atoms in total. The van der Waals surface area contributed by atoms with E-state index in [1.165, 1.54) is 12.6 Å². The van der Waals surface area contributed by atoms with E-state index in [2.05, 4.69) is 21.1 Å². The maximum atomic E-state index is 9.67. The summed E-state index contributed by atoms with van der Waals surface area (Å²) in [7, 11) is 2.25. The van der Waals surface area contributed by atoms with E-state index in [1.807, 2.05) is 0 Å². The molecule has 0 unspecified atom stereocenters. The second kappa shape index (κ2) is 10.8. The van der Waals surface area contributed by atoms with Crippen LogP contribution in [0.15, 0.2) is 0 Å². The number of hydrogen-bond acceptors (Lipinski definition) is 0. The van der Waals surface area contributed by atoms with Crippen molar-refractivity contribution in [1.29, 1.82) is 0 Å². The van der Waals surface area contributed by atoms with Gasteiger partial charge in [0.25, 0.3) is 0 Å². The molecule has 0 rings (SSSR count). The standard InChI is InChI=1S/C4H10B.CHF3/c1-3-5-4-2;2-1(3)4/h3-4H2,1-2H3;1H. The third kappa shape index (κ3) is 78.3. The Balaban J connectivity index is 0. The molecule has 0 aliphatic heterocycles. The summed E-state index contributed by atoms with van der Waals surface area (Å²) >= 11 is 0. The molecule has 0 saturated carbocycles. The lowest BCUT2D eigenvalue weighted by atomic mass is 9.73. The molecule has 0 heterocycles. The predicted octanol–water partition coefficient (Wildman–Crippen LogP) is 2.75. The fourth-order valence-corrected chi connectivity index (χ4v) is 0.289. The number of hydrogen-bond donors (Lipinski definition) is 0.